The fourth-order valence-electron chi connectivity index (χ4n) is 2.91. The van der Waals surface area contributed by atoms with Crippen LogP contribution in [0.4, 0.5) is 0 Å². The molecule has 1 unspecified atom stereocenters. The second-order valence-corrected chi connectivity index (χ2v) is 6.27. The van der Waals surface area contributed by atoms with Crippen molar-refractivity contribution in [3.63, 3.8) is 0 Å². The average molecular weight is 340 g/mol. The molecule has 2 N–H and O–H groups in total. The molecule has 7 heteroatoms. The first-order valence-corrected chi connectivity index (χ1v) is 9.29. The number of ether oxygens (including phenoxy) is 2. The Balaban J connectivity index is 1.62. The number of piperidine rings is 1. The summed E-state index contributed by atoms with van der Waals surface area (Å²) >= 11 is 0. The van der Waals surface area contributed by atoms with E-state index in [1.165, 1.54) is 6.42 Å². The van der Waals surface area contributed by atoms with Crippen LogP contribution in [0.15, 0.2) is 4.99 Å². The Morgan fingerprint density at radius 1 is 1.29 bits per heavy atom. The highest BCUT2D eigenvalue weighted by Crippen LogP contribution is 2.09. The first-order valence-electron chi connectivity index (χ1n) is 9.29. The van der Waals surface area contributed by atoms with Crippen LogP contribution in [0.25, 0.3) is 0 Å². The molecule has 0 spiro atoms. The Morgan fingerprint density at radius 2 is 2.12 bits per heavy atom. The first kappa shape index (κ1) is 19.0. The molecule has 138 valence electrons. The van der Waals surface area contributed by atoms with Gasteiger partial charge < -0.3 is 25.0 Å². The lowest BCUT2D eigenvalue weighted by atomic mass is 10.1. The number of nitrogens with zero attached hydrogens (tertiary/aromatic N) is 2. The second kappa shape index (κ2) is 11.3. The van der Waals surface area contributed by atoms with Gasteiger partial charge in [-0.3, -0.25) is 4.79 Å². The third kappa shape index (κ3) is 7.05. The van der Waals surface area contributed by atoms with Crippen LogP contribution < -0.4 is 10.6 Å². The minimum Gasteiger partial charge on any atom is -0.379 e. The van der Waals surface area contributed by atoms with Crippen molar-refractivity contribution in [2.45, 2.75) is 45.1 Å². The zero-order valence-electron chi connectivity index (χ0n) is 14.9. The molecular weight excluding hydrogens is 308 g/mol. The van der Waals surface area contributed by atoms with E-state index in [2.05, 4.69) is 15.6 Å². The van der Waals surface area contributed by atoms with E-state index >= 15 is 0 Å². The summed E-state index contributed by atoms with van der Waals surface area (Å²) in [5.74, 6) is 0.823. The molecule has 2 fully saturated rings. The van der Waals surface area contributed by atoms with Crippen molar-refractivity contribution in [1.29, 1.82) is 0 Å². The summed E-state index contributed by atoms with van der Waals surface area (Å²) in [5.41, 5.74) is 0. The van der Waals surface area contributed by atoms with Crippen molar-refractivity contribution in [1.82, 2.24) is 15.5 Å². The second-order valence-electron chi connectivity index (χ2n) is 6.27. The summed E-state index contributed by atoms with van der Waals surface area (Å²) in [7, 11) is 0. The van der Waals surface area contributed by atoms with Gasteiger partial charge in [0.2, 0.25) is 5.91 Å². The third-order valence-corrected chi connectivity index (χ3v) is 4.28. The first-order chi connectivity index (χ1) is 11.8. The molecule has 2 heterocycles. The smallest absolute Gasteiger partial charge is 0.244 e. The number of rotatable bonds is 8. The SMILES string of the molecule is CCNC(=NCC(=O)N1CCCCC1)NCCCOC1CCOC1. The van der Waals surface area contributed by atoms with Gasteiger partial charge in [-0.2, -0.15) is 0 Å². The highest BCUT2D eigenvalue weighted by Gasteiger charge is 2.16. The van der Waals surface area contributed by atoms with Gasteiger partial charge in [-0.25, -0.2) is 4.99 Å². The normalized spacial score (nSPS) is 21.8. The van der Waals surface area contributed by atoms with Crippen molar-refractivity contribution in [3.8, 4) is 0 Å². The van der Waals surface area contributed by atoms with Gasteiger partial charge in [0.25, 0.3) is 0 Å². The van der Waals surface area contributed by atoms with Crippen LogP contribution in [0, 0.1) is 0 Å². The summed E-state index contributed by atoms with van der Waals surface area (Å²) in [6.07, 6.45) is 5.61. The Hall–Kier alpha value is -1.34. The molecule has 7 nitrogen and oxygen atoms in total. The number of amides is 1. The maximum absolute atomic E-state index is 12.2. The number of carbonyl (C=O) groups is 1. The zero-order valence-corrected chi connectivity index (χ0v) is 14.9. The Kier molecular flexibility index (Phi) is 8.91. The Morgan fingerprint density at radius 3 is 2.83 bits per heavy atom. The number of guanidine groups is 1. The Bertz CT molecular complexity index is 391. The van der Waals surface area contributed by atoms with Gasteiger partial charge in [-0.05, 0) is 39.0 Å². The summed E-state index contributed by atoms with van der Waals surface area (Å²) in [5, 5.41) is 6.44. The van der Waals surface area contributed by atoms with Crippen LogP contribution in [-0.2, 0) is 14.3 Å². The van der Waals surface area contributed by atoms with Gasteiger partial charge in [0.1, 0.15) is 6.54 Å². The van der Waals surface area contributed by atoms with E-state index in [-0.39, 0.29) is 18.6 Å². The molecule has 0 radical (unpaired) electrons. The van der Waals surface area contributed by atoms with E-state index in [0.29, 0.717) is 12.6 Å². The van der Waals surface area contributed by atoms with Crippen molar-refractivity contribution in [2.24, 2.45) is 4.99 Å². The van der Waals surface area contributed by atoms with Crippen molar-refractivity contribution >= 4 is 11.9 Å². The number of hydrogen-bond donors (Lipinski definition) is 2. The quantitative estimate of drug-likeness (QED) is 0.387. The predicted molar refractivity (Wildman–Crippen MR) is 94.2 cm³/mol. The average Bonchev–Trinajstić information content (AvgIpc) is 3.13. The van der Waals surface area contributed by atoms with E-state index in [1.54, 1.807) is 0 Å². The van der Waals surface area contributed by atoms with Crippen molar-refractivity contribution in [2.75, 3.05) is 52.5 Å². The summed E-state index contributed by atoms with van der Waals surface area (Å²) in [4.78, 5) is 18.5. The monoisotopic (exact) mass is 340 g/mol. The van der Waals surface area contributed by atoms with E-state index in [9.17, 15) is 4.79 Å². The van der Waals surface area contributed by atoms with Crippen LogP contribution in [0.5, 0.6) is 0 Å². The molecule has 0 aromatic heterocycles. The minimum absolute atomic E-state index is 0.122. The number of nitrogens with one attached hydrogen (secondary N) is 2. The highest BCUT2D eigenvalue weighted by molar-refractivity contribution is 5.84. The molecule has 0 bridgehead atoms. The van der Waals surface area contributed by atoms with Crippen LogP contribution in [0.3, 0.4) is 0 Å². The number of hydrogen-bond acceptors (Lipinski definition) is 4. The van der Waals surface area contributed by atoms with Gasteiger partial charge in [-0.1, -0.05) is 0 Å². The molecule has 2 aliphatic heterocycles. The molecule has 0 saturated carbocycles. The standard InChI is InChI=1S/C17H32N4O3/c1-2-18-17(19-8-6-11-24-15-7-12-23-14-15)20-13-16(22)21-9-4-3-5-10-21/h15H,2-14H2,1H3,(H2,18,19,20). The molecule has 2 rings (SSSR count). The lowest BCUT2D eigenvalue weighted by Gasteiger charge is -2.26. The molecule has 0 aromatic rings. The van der Waals surface area contributed by atoms with Gasteiger partial charge in [0.05, 0.1) is 12.7 Å². The number of likely N-dealkylation sites (tertiary alicyclic amines) is 1. The molecule has 1 atom stereocenters. The molecule has 24 heavy (non-hydrogen) atoms. The van der Waals surface area contributed by atoms with E-state index < -0.39 is 0 Å². The number of aliphatic imine (C=N–C) groups is 1. The van der Waals surface area contributed by atoms with E-state index in [4.69, 9.17) is 9.47 Å². The van der Waals surface area contributed by atoms with E-state index in [0.717, 1.165) is 65.1 Å². The van der Waals surface area contributed by atoms with Gasteiger partial charge in [-0.15, -0.1) is 0 Å². The van der Waals surface area contributed by atoms with Crippen molar-refractivity contribution in [3.05, 3.63) is 0 Å². The molecule has 2 saturated heterocycles. The summed E-state index contributed by atoms with van der Waals surface area (Å²) < 4.78 is 11.0. The molecular formula is C17H32N4O3. The largest absolute Gasteiger partial charge is 0.379 e. The lowest BCUT2D eigenvalue weighted by Crippen LogP contribution is -2.41. The lowest BCUT2D eigenvalue weighted by molar-refractivity contribution is -0.130. The number of carbonyl (C=O) groups excluding carboxylic acids is 1. The van der Waals surface area contributed by atoms with Gasteiger partial charge >= 0.3 is 0 Å². The van der Waals surface area contributed by atoms with Crippen molar-refractivity contribution < 1.29 is 14.3 Å². The molecule has 2 aliphatic rings. The van der Waals surface area contributed by atoms with Crippen LogP contribution in [-0.4, -0.2) is 75.4 Å². The predicted octanol–water partition coefficient (Wildman–Crippen LogP) is 0.750. The third-order valence-electron chi connectivity index (χ3n) is 4.28. The fourth-order valence-corrected chi connectivity index (χ4v) is 2.91. The minimum atomic E-state index is 0.122. The van der Waals surface area contributed by atoms with Crippen LogP contribution in [0.1, 0.15) is 39.0 Å². The molecule has 0 aromatic carbocycles. The zero-order chi connectivity index (χ0) is 17.0. The van der Waals surface area contributed by atoms with Gasteiger partial charge in [0.15, 0.2) is 5.96 Å². The maximum Gasteiger partial charge on any atom is 0.244 e. The summed E-state index contributed by atoms with van der Waals surface area (Å²) in [6, 6.07) is 0. The topological polar surface area (TPSA) is 75.2 Å². The fraction of sp³-hybridized carbons (Fsp3) is 0.882. The van der Waals surface area contributed by atoms with Crippen LogP contribution >= 0.6 is 0 Å². The highest BCUT2D eigenvalue weighted by atomic mass is 16.5. The van der Waals surface area contributed by atoms with Crippen LogP contribution in [0.2, 0.25) is 0 Å². The molecule has 1 amide bonds. The van der Waals surface area contributed by atoms with E-state index in [1.807, 2.05) is 11.8 Å². The maximum atomic E-state index is 12.2. The molecule has 0 aliphatic carbocycles. The Labute approximate surface area is 145 Å². The van der Waals surface area contributed by atoms with Gasteiger partial charge in [0, 0.05) is 39.4 Å². The summed E-state index contributed by atoms with van der Waals surface area (Å²) in [6.45, 7) is 7.78.